The molecule has 4 nitrogen and oxygen atoms in total. The standard InChI is InChI=1S/C11H13F3N2O2/c12-11(13,14)9(15)6-16-10(17)18-7-8-4-2-1-3-5-8/h1-5,9H,6-7,15H2,(H,16,17)/t9-/m1/s1. The molecule has 0 bridgehead atoms. The Hall–Kier alpha value is -1.76. The van der Waals surface area contributed by atoms with Gasteiger partial charge in [-0.05, 0) is 5.56 Å². The number of carbonyl (C=O) groups excluding carboxylic acids is 1. The first-order chi connectivity index (χ1) is 8.39. The van der Waals surface area contributed by atoms with Crippen molar-refractivity contribution in [1.29, 1.82) is 0 Å². The van der Waals surface area contributed by atoms with Gasteiger partial charge in [-0.3, -0.25) is 0 Å². The van der Waals surface area contributed by atoms with Crippen molar-refractivity contribution in [3.05, 3.63) is 35.9 Å². The largest absolute Gasteiger partial charge is 0.445 e. The molecule has 1 atom stereocenters. The maximum absolute atomic E-state index is 12.0. The third-order valence-corrected chi connectivity index (χ3v) is 2.10. The lowest BCUT2D eigenvalue weighted by atomic mass is 10.2. The molecule has 7 heteroatoms. The summed E-state index contributed by atoms with van der Waals surface area (Å²) in [6.45, 7) is -0.717. The van der Waals surface area contributed by atoms with Crippen LogP contribution in [0.15, 0.2) is 30.3 Å². The average Bonchev–Trinajstić information content (AvgIpc) is 2.33. The van der Waals surface area contributed by atoms with Gasteiger partial charge in [0, 0.05) is 6.54 Å². The van der Waals surface area contributed by atoms with Crippen molar-refractivity contribution in [1.82, 2.24) is 5.32 Å². The summed E-state index contributed by atoms with van der Waals surface area (Å²) in [6.07, 6.45) is -5.47. The van der Waals surface area contributed by atoms with Crippen molar-refractivity contribution in [2.24, 2.45) is 5.73 Å². The Kier molecular flexibility index (Phi) is 4.96. The van der Waals surface area contributed by atoms with E-state index in [-0.39, 0.29) is 6.61 Å². The van der Waals surface area contributed by atoms with Crippen LogP contribution in [0.2, 0.25) is 0 Å². The lowest BCUT2D eigenvalue weighted by molar-refractivity contribution is -0.146. The monoisotopic (exact) mass is 262 g/mol. The molecular formula is C11H13F3N2O2. The Morgan fingerprint density at radius 1 is 1.33 bits per heavy atom. The molecule has 1 amide bonds. The van der Waals surface area contributed by atoms with Crippen molar-refractivity contribution < 1.29 is 22.7 Å². The molecule has 0 saturated carbocycles. The van der Waals surface area contributed by atoms with E-state index < -0.39 is 24.9 Å². The zero-order valence-corrected chi connectivity index (χ0v) is 9.41. The van der Waals surface area contributed by atoms with Gasteiger partial charge in [0.15, 0.2) is 0 Å². The van der Waals surface area contributed by atoms with E-state index in [0.29, 0.717) is 0 Å². The first-order valence-corrected chi connectivity index (χ1v) is 5.16. The van der Waals surface area contributed by atoms with Gasteiger partial charge in [0.1, 0.15) is 12.6 Å². The molecule has 3 N–H and O–H groups in total. The smallest absolute Gasteiger partial charge is 0.407 e. The van der Waals surface area contributed by atoms with Crippen LogP contribution in [0.3, 0.4) is 0 Å². The molecule has 18 heavy (non-hydrogen) atoms. The van der Waals surface area contributed by atoms with E-state index in [0.717, 1.165) is 5.56 Å². The highest BCUT2D eigenvalue weighted by molar-refractivity contribution is 5.67. The molecule has 0 spiro atoms. The Balaban J connectivity index is 2.27. The van der Waals surface area contributed by atoms with Gasteiger partial charge in [-0.25, -0.2) is 4.79 Å². The number of nitrogens with two attached hydrogens (primary N) is 1. The molecule has 0 fully saturated rings. The van der Waals surface area contributed by atoms with Gasteiger partial charge in [-0.1, -0.05) is 30.3 Å². The van der Waals surface area contributed by atoms with E-state index >= 15 is 0 Å². The molecule has 0 aromatic heterocycles. The summed E-state index contributed by atoms with van der Waals surface area (Å²) >= 11 is 0. The fourth-order valence-corrected chi connectivity index (χ4v) is 1.08. The summed E-state index contributed by atoms with van der Waals surface area (Å²) in [6, 6.07) is 6.68. The highest BCUT2D eigenvalue weighted by Gasteiger charge is 2.36. The van der Waals surface area contributed by atoms with Crippen LogP contribution in [-0.2, 0) is 11.3 Å². The van der Waals surface area contributed by atoms with Crippen LogP contribution in [0, 0.1) is 0 Å². The zero-order valence-electron chi connectivity index (χ0n) is 9.41. The van der Waals surface area contributed by atoms with E-state index in [1.165, 1.54) is 0 Å². The molecular weight excluding hydrogens is 249 g/mol. The van der Waals surface area contributed by atoms with Crippen LogP contribution < -0.4 is 11.1 Å². The Labute approximate surface area is 102 Å². The number of benzene rings is 1. The maximum Gasteiger partial charge on any atom is 0.407 e. The number of nitrogens with one attached hydrogen (secondary N) is 1. The summed E-state index contributed by atoms with van der Waals surface area (Å²) < 4.78 is 40.8. The minimum Gasteiger partial charge on any atom is -0.445 e. The fourth-order valence-electron chi connectivity index (χ4n) is 1.08. The molecule has 0 aliphatic heterocycles. The molecule has 1 aromatic carbocycles. The van der Waals surface area contributed by atoms with Crippen molar-refractivity contribution >= 4 is 6.09 Å². The number of hydrogen-bond acceptors (Lipinski definition) is 3. The van der Waals surface area contributed by atoms with E-state index in [9.17, 15) is 18.0 Å². The maximum atomic E-state index is 12.0. The quantitative estimate of drug-likeness (QED) is 0.869. The van der Waals surface area contributed by atoms with Crippen molar-refractivity contribution in [2.45, 2.75) is 18.8 Å². The lowest BCUT2D eigenvalue weighted by Crippen LogP contribution is -2.46. The number of hydrogen-bond donors (Lipinski definition) is 2. The fraction of sp³-hybridized carbons (Fsp3) is 0.364. The Bertz CT molecular complexity index is 382. The highest BCUT2D eigenvalue weighted by atomic mass is 19.4. The molecule has 0 heterocycles. The lowest BCUT2D eigenvalue weighted by Gasteiger charge is -2.15. The summed E-state index contributed by atoms with van der Waals surface area (Å²) in [4.78, 5) is 11.1. The second-order valence-corrected chi connectivity index (χ2v) is 3.59. The van der Waals surface area contributed by atoms with Crippen molar-refractivity contribution in [2.75, 3.05) is 6.54 Å². The second-order valence-electron chi connectivity index (χ2n) is 3.59. The van der Waals surface area contributed by atoms with Gasteiger partial charge >= 0.3 is 12.3 Å². The topological polar surface area (TPSA) is 64.3 Å². The summed E-state index contributed by atoms with van der Waals surface area (Å²) in [7, 11) is 0. The van der Waals surface area contributed by atoms with Crippen LogP contribution in [0.25, 0.3) is 0 Å². The molecule has 0 radical (unpaired) electrons. The van der Waals surface area contributed by atoms with E-state index in [2.05, 4.69) is 0 Å². The molecule has 0 aliphatic rings. The Morgan fingerprint density at radius 2 is 1.94 bits per heavy atom. The van der Waals surface area contributed by atoms with Gasteiger partial charge in [0.25, 0.3) is 0 Å². The van der Waals surface area contributed by atoms with Gasteiger partial charge in [-0.2, -0.15) is 13.2 Å². The highest BCUT2D eigenvalue weighted by Crippen LogP contribution is 2.17. The molecule has 0 aliphatic carbocycles. The van der Waals surface area contributed by atoms with Gasteiger partial charge in [0.05, 0.1) is 0 Å². The molecule has 1 aromatic rings. The zero-order chi connectivity index (χ0) is 13.6. The second kappa shape index (κ2) is 6.25. The summed E-state index contributed by atoms with van der Waals surface area (Å²) in [5.41, 5.74) is 5.55. The Morgan fingerprint density at radius 3 is 2.50 bits per heavy atom. The van der Waals surface area contributed by atoms with Crippen molar-refractivity contribution in [3.8, 4) is 0 Å². The predicted octanol–water partition coefficient (Wildman–Crippen LogP) is 1.80. The minimum atomic E-state index is -4.54. The predicted molar refractivity (Wildman–Crippen MR) is 58.7 cm³/mol. The van der Waals surface area contributed by atoms with Crippen molar-refractivity contribution in [3.63, 3.8) is 0 Å². The molecule has 100 valence electrons. The van der Waals surface area contributed by atoms with E-state index in [1.807, 2.05) is 5.32 Å². The van der Waals surface area contributed by atoms with E-state index in [4.69, 9.17) is 10.5 Å². The van der Waals surface area contributed by atoms with Crippen LogP contribution in [0.5, 0.6) is 0 Å². The number of amides is 1. The van der Waals surface area contributed by atoms with Gasteiger partial charge < -0.3 is 15.8 Å². The first kappa shape index (κ1) is 14.3. The van der Waals surface area contributed by atoms with Gasteiger partial charge in [-0.15, -0.1) is 0 Å². The number of alkyl carbamates (subject to hydrolysis) is 1. The minimum absolute atomic E-state index is 0.00602. The molecule has 0 saturated heterocycles. The van der Waals surface area contributed by atoms with E-state index in [1.54, 1.807) is 30.3 Å². The van der Waals surface area contributed by atoms with Crippen LogP contribution in [0.1, 0.15) is 5.56 Å². The SMILES string of the molecule is N[C@H](CNC(=O)OCc1ccccc1)C(F)(F)F. The average molecular weight is 262 g/mol. The normalized spacial score (nSPS) is 12.9. The third kappa shape index (κ3) is 5.05. The number of alkyl halides is 3. The molecule has 1 rings (SSSR count). The number of carbonyl (C=O) groups is 1. The number of halogens is 3. The van der Waals surface area contributed by atoms with Gasteiger partial charge in [0.2, 0.25) is 0 Å². The third-order valence-electron chi connectivity index (χ3n) is 2.10. The summed E-state index contributed by atoms with van der Waals surface area (Å²) in [5, 5.41) is 1.95. The molecule has 0 unspecified atom stereocenters. The number of ether oxygens (including phenoxy) is 1. The van der Waals surface area contributed by atoms with Crippen LogP contribution in [-0.4, -0.2) is 24.9 Å². The first-order valence-electron chi connectivity index (χ1n) is 5.16. The van der Waals surface area contributed by atoms with Crippen LogP contribution in [0.4, 0.5) is 18.0 Å². The summed E-state index contributed by atoms with van der Waals surface area (Å²) in [5.74, 6) is 0. The number of rotatable bonds is 4. The van der Waals surface area contributed by atoms with Crippen LogP contribution >= 0.6 is 0 Å².